The molecular formula is C15H11BrN2O5. The van der Waals surface area contributed by atoms with E-state index in [0.29, 0.717) is 5.56 Å². The summed E-state index contributed by atoms with van der Waals surface area (Å²) in [6.07, 6.45) is 0. The van der Waals surface area contributed by atoms with Crippen molar-refractivity contribution in [1.29, 1.82) is 0 Å². The maximum atomic E-state index is 12.0. The number of nitro benzene ring substituents is 1. The van der Waals surface area contributed by atoms with E-state index in [9.17, 15) is 19.7 Å². The minimum absolute atomic E-state index is 0.0375. The third-order valence-electron chi connectivity index (χ3n) is 2.95. The van der Waals surface area contributed by atoms with Gasteiger partial charge >= 0.3 is 5.97 Å². The van der Waals surface area contributed by atoms with Gasteiger partial charge in [0, 0.05) is 27.9 Å². The quantitative estimate of drug-likeness (QED) is 0.281. The standard InChI is InChI=1S/C15H11BrN2O5/c16-10-3-1-2-9(6-10)14(19)8-23-15(20)12-7-11(18(21)22)4-5-13(12)17/h1-7H,8,17H2. The predicted octanol–water partition coefficient (Wildman–Crippen LogP) is 2.98. The fraction of sp³-hybridized carbons (Fsp3) is 0.0667. The first-order valence-electron chi connectivity index (χ1n) is 6.38. The van der Waals surface area contributed by atoms with Crippen LogP contribution in [0.15, 0.2) is 46.9 Å². The van der Waals surface area contributed by atoms with Gasteiger partial charge in [-0.15, -0.1) is 0 Å². The molecule has 0 bridgehead atoms. The fourth-order valence-electron chi connectivity index (χ4n) is 1.79. The van der Waals surface area contributed by atoms with Gasteiger partial charge in [-0.25, -0.2) is 4.79 Å². The minimum Gasteiger partial charge on any atom is -0.454 e. The lowest BCUT2D eigenvalue weighted by atomic mass is 10.1. The van der Waals surface area contributed by atoms with E-state index >= 15 is 0 Å². The van der Waals surface area contributed by atoms with Crippen molar-refractivity contribution < 1.29 is 19.2 Å². The van der Waals surface area contributed by atoms with Crippen molar-refractivity contribution in [3.63, 3.8) is 0 Å². The van der Waals surface area contributed by atoms with Crippen molar-refractivity contribution in [3.8, 4) is 0 Å². The number of Topliss-reactive ketones (excluding diaryl/α,β-unsaturated/α-hetero) is 1. The molecule has 2 aromatic carbocycles. The molecule has 2 N–H and O–H groups in total. The summed E-state index contributed by atoms with van der Waals surface area (Å²) in [4.78, 5) is 34.0. The molecule has 0 atom stereocenters. The minimum atomic E-state index is -0.894. The fourth-order valence-corrected chi connectivity index (χ4v) is 2.19. The topological polar surface area (TPSA) is 113 Å². The molecule has 2 rings (SSSR count). The average Bonchev–Trinajstić information content (AvgIpc) is 2.52. The number of nitro groups is 1. The average molecular weight is 379 g/mol. The van der Waals surface area contributed by atoms with E-state index in [2.05, 4.69) is 15.9 Å². The zero-order valence-electron chi connectivity index (χ0n) is 11.7. The lowest BCUT2D eigenvalue weighted by Crippen LogP contribution is -2.15. The molecule has 8 heteroatoms. The first kappa shape index (κ1) is 16.6. The van der Waals surface area contributed by atoms with Crippen LogP contribution in [0.3, 0.4) is 0 Å². The van der Waals surface area contributed by atoms with Crippen LogP contribution in [0, 0.1) is 10.1 Å². The summed E-state index contributed by atoms with van der Waals surface area (Å²) in [5, 5.41) is 10.7. The Balaban J connectivity index is 2.09. The lowest BCUT2D eigenvalue weighted by molar-refractivity contribution is -0.384. The number of non-ortho nitro benzene ring substituents is 1. The summed E-state index contributed by atoms with van der Waals surface area (Å²) in [6.45, 7) is -0.489. The second-order valence-corrected chi connectivity index (χ2v) is 5.45. The normalized spacial score (nSPS) is 10.1. The van der Waals surface area contributed by atoms with Crippen LogP contribution in [0.25, 0.3) is 0 Å². The van der Waals surface area contributed by atoms with Crippen molar-refractivity contribution in [2.45, 2.75) is 0 Å². The summed E-state index contributed by atoms with van der Waals surface area (Å²) in [6, 6.07) is 10.1. The molecule has 0 aliphatic rings. The molecule has 0 aliphatic heterocycles. The lowest BCUT2D eigenvalue weighted by Gasteiger charge is -2.07. The third kappa shape index (κ3) is 4.13. The Morgan fingerprint density at radius 3 is 2.61 bits per heavy atom. The molecule has 2 aromatic rings. The van der Waals surface area contributed by atoms with Gasteiger partial charge in [0.1, 0.15) is 0 Å². The van der Waals surface area contributed by atoms with E-state index in [4.69, 9.17) is 10.5 Å². The van der Waals surface area contributed by atoms with Crippen LogP contribution in [-0.4, -0.2) is 23.3 Å². The number of benzene rings is 2. The summed E-state index contributed by atoms with van der Waals surface area (Å²) in [5.74, 6) is -1.29. The number of hydrogen-bond acceptors (Lipinski definition) is 6. The van der Waals surface area contributed by atoms with Gasteiger partial charge in [0.2, 0.25) is 0 Å². The second kappa shape index (κ2) is 7.01. The molecule has 118 valence electrons. The number of nitrogens with zero attached hydrogens (tertiary/aromatic N) is 1. The van der Waals surface area contributed by atoms with Crippen molar-refractivity contribution in [1.82, 2.24) is 0 Å². The Bertz CT molecular complexity index is 791. The molecule has 0 radical (unpaired) electrons. The van der Waals surface area contributed by atoms with E-state index in [-0.39, 0.29) is 16.9 Å². The van der Waals surface area contributed by atoms with Crippen LogP contribution in [0.4, 0.5) is 11.4 Å². The van der Waals surface area contributed by atoms with Crippen LogP contribution in [-0.2, 0) is 4.74 Å². The number of nitrogens with two attached hydrogens (primary N) is 1. The molecule has 7 nitrogen and oxygen atoms in total. The maximum Gasteiger partial charge on any atom is 0.340 e. The monoisotopic (exact) mass is 378 g/mol. The van der Waals surface area contributed by atoms with E-state index in [1.807, 2.05) is 0 Å². The summed E-state index contributed by atoms with van der Waals surface area (Å²) in [7, 11) is 0. The first-order valence-corrected chi connectivity index (χ1v) is 7.17. The number of anilines is 1. The highest BCUT2D eigenvalue weighted by molar-refractivity contribution is 9.10. The molecule has 23 heavy (non-hydrogen) atoms. The number of carbonyl (C=O) groups excluding carboxylic acids is 2. The molecule has 0 saturated heterocycles. The zero-order valence-corrected chi connectivity index (χ0v) is 13.3. The largest absolute Gasteiger partial charge is 0.454 e. The first-order chi connectivity index (χ1) is 10.9. The number of ketones is 1. The number of ether oxygens (including phenoxy) is 1. The molecule has 0 aliphatic carbocycles. The van der Waals surface area contributed by atoms with Gasteiger partial charge in [0.05, 0.1) is 10.5 Å². The van der Waals surface area contributed by atoms with Crippen molar-refractivity contribution >= 4 is 39.1 Å². The Hall–Kier alpha value is -2.74. The smallest absolute Gasteiger partial charge is 0.340 e. The zero-order chi connectivity index (χ0) is 17.0. The molecule has 0 spiro atoms. The Morgan fingerprint density at radius 2 is 1.96 bits per heavy atom. The van der Waals surface area contributed by atoms with Gasteiger partial charge < -0.3 is 10.5 Å². The summed E-state index contributed by atoms with van der Waals surface area (Å²) >= 11 is 3.24. The molecule has 0 fully saturated rings. The molecule has 0 unspecified atom stereocenters. The number of nitrogen functional groups attached to an aromatic ring is 1. The second-order valence-electron chi connectivity index (χ2n) is 4.54. The summed E-state index contributed by atoms with van der Waals surface area (Å²) < 4.78 is 5.61. The number of esters is 1. The highest BCUT2D eigenvalue weighted by Gasteiger charge is 2.18. The van der Waals surface area contributed by atoms with Gasteiger partial charge in [-0.2, -0.15) is 0 Å². The van der Waals surface area contributed by atoms with Crippen LogP contribution in [0.1, 0.15) is 20.7 Å². The highest BCUT2D eigenvalue weighted by Crippen LogP contribution is 2.20. The summed E-state index contributed by atoms with van der Waals surface area (Å²) in [5.41, 5.74) is 5.59. The molecule has 0 aromatic heterocycles. The van der Waals surface area contributed by atoms with Crippen molar-refractivity contribution in [2.24, 2.45) is 0 Å². The Labute approximate surface area is 139 Å². The van der Waals surface area contributed by atoms with Gasteiger partial charge in [0.15, 0.2) is 12.4 Å². The molecule has 0 amide bonds. The maximum absolute atomic E-state index is 12.0. The van der Waals surface area contributed by atoms with E-state index in [1.54, 1.807) is 24.3 Å². The highest BCUT2D eigenvalue weighted by atomic mass is 79.9. The van der Waals surface area contributed by atoms with Crippen LogP contribution < -0.4 is 5.73 Å². The van der Waals surface area contributed by atoms with Gasteiger partial charge in [0.25, 0.3) is 5.69 Å². The number of halogens is 1. The van der Waals surface area contributed by atoms with Gasteiger partial charge in [-0.3, -0.25) is 14.9 Å². The Kier molecular flexibility index (Phi) is 5.07. The van der Waals surface area contributed by atoms with E-state index < -0.39 is 23.3 Å². The molecule has 0 heterocycles. The van der Waals surface area contributed by atoms with Crippen LogP contribution in [0.2, 0.25) is 0 Å². The van der Waals surface area contributed by atoms with Crippen molar-refractivity contribution in [3.05, 3.63) is 68.2 Å². The van der Waals surface area contributed by atoms with E-state index in [0.717, 1.165) is 10.5 Å². The van der Waals surface area contributed by atoms with Gasteiger partial charge in [-0.05, 0) is 18.2 Å². The van der Waals surface area contributed by atoms with E-state index in [1.165, 1.54) is 12.1 Å². The molecular weight excluding hydrogens is 368 g/mol. The SMILES string of the molecule is Nc1ccc([N+](=O)[O-])cc1C(=O)OCC(=O)c1cccc(Br)c1. The number of hydrogen-bond donors (Lipinski definition) is 1. The van der Waals surface area contributed by atoms with Crippen molar-refractivity contribution in [2.75, 3.05) is 12.3 Å². The Morgan fingerprint density at radius 1 is 1.22 bits per heavy atom. The van der Waals surface area contributed by atoms with Crippen LogP contribution in [0.5, 0.6) is 0 Å². The molecule has 0 saturated carbocycles. The number of carbonyl (C=O) groups is 2. The third-order valence-corrected chi connectivity index (χ3v) is 3.44. The van der Waals surface area contributed by atoms with Crippen LogP contribution >= 0.6 is 15.9 Å². The van der Waals surface area contributed by atoms with Gasteiger partial charge in [-0.1, -0.05) is 28.1 Å². The number of rotatable bonds is 5. The predicted molar refractivity (Wildman–Crippen MR) is 86.3 cm³/mol.